The number of benzene rings is 1. The van der Waals surface area contributed by atoms with Crippen LogP contribution in [0.15, 0.2) is 103 Å². The molecule has 1 aromatic carbocycles. The van der Waals surface area contributed by atoms with Gasteiger partial charge in [0.1, 0.15) is 0 Å². The summed E-state index contributed by atoms with van der Waals surface area (Å²) in [5.41, 5.74) is 10.6. The zero-order valence-electron chi connectivity index (χ0n) is 41.9. The topological polar surface area (TPSA) is 0 Å². The Hall–Kier alpha value is -3.12. The van der Waals surface area contributed by atoms with Gasteiger partial charge in [0, 0.05) is 0 Å². The van der Waals surface area contributed by atoms with Gasteiger partial charge in [-0.2, -0.15) is 0 Å². The van der Waals surface area contributed by atoms with Crippen LogP contribution in [-0.2, 0) is 0 Å². The molecular weight excluding hydrogens is 685 g/mol. The van der Waals surface area contributed by atoms with Crippen LogP contribution >= 0.6 is 0 Å². The minimum absolute atomic E-state index is 0.410. The van der Waals surface area contributed by atoms with Gasteiger partial charge in [0.15, 0.2) is 0 Å². The molecule has 1 aliphatic carbocycles. The van der Waals surface area contributed by atoms with Crippen molar-refractivity contribution in [1.82, 2.24) is 0 Å². The molecule has 0 unspecified atom stereocenters. The van der Waals surface area contributed by atoms with Crippen molar-refractivity contribution in [2.24, 2.45) is 29.1 Å². The summed E-state index contributed by atoms with van der Waals surface area (Å²) in [6.07, 6.45) is 25.9. The fourth-order valence-corrected chi connectivity index (χ4v) is 6.77. The second-order valence-corrected chi connectivity index (χ2v) is 16.1. The van der Waals surface area contributed by atoms with Crippen molar-refractivity contribution in [3.8, 4) is 0 Å². The first-order valence-corrected chi connectivity index (χ1v) is 23.1. The largest absolute Gasteiger partial charge is 0.0990 e. The molecular formula is C57H98. The van der Waals surface area contributed by atoms with E-state index in [-0.39, 0.29) is 0 Å². The Morgan fingerprint density at radius 1 is 0.772 bits per heavy atom. The lowest BCUT2D eigenvalue weighted by molar-refractivity contribution is 0.189. The summed E-state index contributed by atoms with van der Waals surface area (Å²) < 4.78 is 0. The molecule has 0 spiro atoms. The van der Waals surface area contributed by atoms with Crippen LogP contribution < -0.4 is 10.4 Å². The summed E-state index contributed by atoms with van der Waals surface area (Å²) in [6.45, 7) is 61.3. The highest BCUT2D eigenvalue weighted by atomic mass is 14.4. The molecule has 2 atom stereocenters. The van der Waals surface area contributed by atoms with Crippen LogP contribution in [0.3, 0.4) is 0 Å². The second-order valence-electron chi connectivity index (χ2n) is 16.1. The minimum atomic E-state index is 0.410. The average Bonchev–Trinajstić information content (AvgIpc) is 3.19. The van der Waals surface area contributed by atoms with E-state index in [9.17, 15) is 0 Å². The van der Waals surface area contributed by atoms with Crippen LogP contribution in [0.1, 0.15) is 194 Å². The molecule has 57 heavy (non-hydrogen) atoms. The molecule has 0 aromatic heterocycles. The van der Waals surface area contributed by atoms with Crippen molar-refractivity contribution in [2.45, 2.75) is 189 Å². The van der Waals surface area contributed by atoms with E-state index in [2.05, 4.69) is 153 Å². The van der Waals surface area contributed by atoms with Gasteiger partial charge in [-0.05, 0) is 132 Å². The summed E-state index contributed by atoms with van der Waals surface area (Å²) in [5, 5.41) is 2.40. The molecule has 326 valence electrons. The first-order chi connectivity index (χ1) is 27.0. The molecule has 1 aromatic rings. The Balaban J connectivity index is -0.000000368. The minimum Gasteiger partial charge on any atom is -0.0990 e. The predicted octanol–water partition coefficient (Wildman–Crippen LogP) is 18.1. The first-order valence-electron chi connectivity index (χ1n) is 23.1. The zero-order valence-corrected chi connectivity index (χ0v) is 41.9. The number of hydrogen-bond acceptors (Lipinski definition) is 0. The molecule has 0 bridgehead atoms. The molecule has 0 saturated carbocycles. The van der Waals surface area contributed by atoms with Gasteiger partial charge in [0.25, 0.3) is 0 Å². The third-order valence-corrected chi connectivity index (χ3v) is 11.2. The maximum absolute atomic E-state index is 4.30. The third kappa shape index (κ3) is 24.4. The lowest BCUT2D eigenvalue weighted by atomic mass is 9.67. The van der Waals surface area contributed by atoms with E-state index in [0.29, 0.717) is 17.3 Å². The zero-order chi connectivity index (χ0) is 45.3. The highest BCUT2D eigenvalue weighted by Crippen LogP contribution is 2.44. The highest BCUT2D eigenvalue weighted by Gasteiger charge is 2.32. The standard InChI is InChI=1S/C23H32.C18H26.C10H22.3C2H6/c1-15(2)20-11-18(6)19(7)21(12-20)13-22-14-23(8,16(3)4)10-9-17(22)5;1-7-11-15(5)18(10-4)14-13-16(6)17(9-3)12-8-2;1-5-7-10(8-6-2)9(3)4;3*1-2/h11-13,16H,1,7,9-10,14H2,2-6,8H3;8-10,12-15H,2-4,7,11H2,1,5-6H3;9-10H,5-8H2,1-4H3;3*1-2H3/b21-13-;16-13+,17-12+,18-14+;;;;/t23-;15-;;;;/m11..../s1. The van der Waals surface area contributed by atoms with Gasteiger partial charge in [0.05, 0.1) is 0 Å². The third-order valence-electron chi connectivity index (χ3n) is 11.2. The van der Waals surface area contributed by atoms with E-state index >= 15 is 0 Å². The van der Waals surface area contributed by atoms with E-state index < -0.39 is 0 Å². The predicted molar refractivity (Wildman–Crippen MR) is 271 cm³/mol. The lowest BCUT2D eigenvalue weighted by Crippen LogP contribution is -2.30. The summed E-state index contributed by atoms with van der Waals surface area (Å²) in [4.78, 5) is 0. The van der Waals surface area contributed by atoms with Crippen LogP contribution in [0, 0.1) is 36.0 Å². The Morgan fingerprint density at radius 3 is 1.70 bits per heavy atom. The van der Waals surface area contributed by atoms with Crippen molar-refractivity contribution < 1.29 is 0 Å². The normalized spacial score (nSPS) is 16.3. The molecule has 0 fully saturated rings. The van der Waals surface area contributed by atoms with Crippen molar-refractivity contribution in [1.29, 1.82) is 0 Å². The molecule has 0 radical (unpaired) electrons. The van der Waals surface area contributed by atoms with Crippen LogP contribution in [-0.4, -0.2) is 0 Å². The number of rotatable bonds is 16. The number of hydrogen-bond donors (Lipinski definition) is 0. The Morgan fingerprint density at radius 2 is 1.30 bits per heavy atom. The van der Waals surface area contributed by atoms with E-state index in [0.717, 1.165) is 28.2 Å². The van der Waals surface area contributed by atoms with Gasteiger partial charge in [-0.1, -0.05) is 229 Å². The smallest absolute Gasteiger partial charge is 0.0179 e. The Bertz CT molecular complexity index is 1490. The van der Waals surface area contributed by atoms with Crippen LogP contribution in [0.5, 0.6) is 0 Å². The van der Waals surface area contributed by atoms with Crippen molar-refractivity contribution in [3.05, 3.63) is 124 Å². The first kappa shape index (κ1) is 60.6. The van der Waals surface area contributed by atoms with Crippen molar-refractivity contribution in [3.63, 3.8) is 0 Å². The fraction of sp³-hybridized carbons (Fsp3) is 0.579. The molecule has 0 aliphatic heterocycles. The summed E-state index contributed by atoms with van der Waals surface area (Å²) in [5.74, 6) is 3.14. The fourth-order valence-electron chi connectivity index (χ4n) is 6.77. The molecule has 0 saturated heterocycles. The van der Waals surface area contributed by atoms with Gasteiger partial charge in [-0.25, -0.2) is 0 Å². The maximum Gasteiger partial charge on any atom is -0.0179 e. The van der Waals surface area contributed by atoms with Crippen LogP contribution in [0.25, 0.3) is 18.2 Å². The molecule has 0 heteroatoms. The number of allylic oxidation sites excluding steroid dienone is 12. The van der Waals surface area contributed by atoms with Crippen LogP contribution in [0.4, 0.5) is 0 Å². The Labute approximate surface area is 359 Å². The van der Waals surface area contributed by atoms with Crippen molar-refractivity contribution >= 4 is 18.2 Å². The van der Waals surface area contributed by atoms with E-state index in [4.69, 9.17) is 0 Å². The second kappa shape index (κ2) is 36.0. The SMILES string of the molecule is C=C(C)c1cc(C)c(=C)/c(=C\C2=C(C)CC[C@@](C)(C(C)C)C2)c1.C=C/C=C(C=C)/C(C)=C/C=C(\C=C)[C@H](C)CCC.CC.CC.CC.CCCC(CCC)C(C)C. The molecule has 1 aliphatic rings. The van der Waals surface area contributed by atoms with E-state index in [1.54, 1.807) is 11.6 Å². The van der Waals surface area contributed by atoms with Gasteiger partial charge < -0.3 is 0 Å². The van der Waals surface area contributed by atoms with Gasteiger partial charge in [-0.3, -0.25) is 0 Å². The van der Waals surface area contributed by atoms with Gasteiger partial charge >= 0.3 is 0 Å². The molecule has 0 N–H and O–H groups in total. The van der Waals surface area contributed by atoms with Crippen molar-refractivity contribution in [2.75, 3.05) is 0 Å². The van der Waals surface area contributed by atoms with E-state index in [1.807, 2.05) is 59.8 Å². The lowest BCUT2D eigenvalue weighted by Gasteiger charge is -2.38. The molecule has 2 rings (SSSR count). The molecule has 0 heterocycles. The highest BCUT2D eigenvalue weighted by molar-refractivity contribution is 5.63. The molecule has 0 amide bonds. The summed E-state index contributed by atoms with van der Waals surface area (Å²) in [7, 11) is 0. The summed E-state index contributed by atoms with van der Waals surface area (Å²) >= 11 is 0. The molecule has 0 nitrogen and oxygen atoms in total. The van der Waals surface area contributed by atoms with Crippen LogP contribution in [0.2, 0.25) is 0 Å². The summed E-state index contributed by atoms with van der Waals surface area (Å²) in [6, 6.07) is 4.45. The maximum atomic E-state index is 4.30. The monoisotopic (exact) mass is 783 g/mol. The van der Waals surface area contributed by atoms with Gasteiger partial charge in [-0.15, -0.1) is 0 Å². The Kier molecular flexibility index (Phi) is 38.2. The average molecular weight is 783 g/mol. The van der Waals surface area contributed by atoms with E-state index in [1.165, 1.54) is 90.9 Å². The van der Waals surface area contributed by atoms with Gasteiger partial charge in [0.2, 0.25) is 0 Å². The number of aryl methyl sites for hydroxylation is 1. The quantitative estimate of drug-likeness (QED) is 0.147.